The summed E-state index contributed by atoms with van der Waals surface area (Å²) in [5.74, 6) is 2.84. The molecule has 30 heavy (non-hydrogen) atoms. The van der Waals surface area contributed by atoms with Gasteiger partial charge in [-0.05, 0) is 86.3 Å². The van der Waals surface area contributed by atoms with Crippen LogP contribution in [0, 0.1) is 34.5 Å². The predicted octanol–water partition coefficient (Wildman–Crippen LogP) is 6.11. The Labute approximate surface area is 180 Å². The zero-order valence-corrected chi connectivity index (χ0v) is 18.4. The Kier molecular flexibility index (Phi) is 4.87. The summed E-state index contributed by atoms with van der Waals surface area (Å²) >= 11 is 0. The van der Waals surface area contributed by atoms with E-state index in [0.717, 1.165) is 51.4 Å². The molecule has 4 aliphatic carbocycles. The standard InChI is InChI=1S/C28H34O2/c1-27-15-13-21(29)18-25(27)20(10-6-9-19-7-4-3-5-8-19)17-22-23-11-12-26(30)28(23,2)16-14-24(22)27/h3-5,7-8,13,15,18,20,22-24H,6,9-12,14,16-17H2,1-2H3/t20-,22+,23+,24+,27-,28+/m1/s1. The van der Waals surface area contributed by atoms with Gasteiger partial charge in [0.25, 0.3) is 0 Å². The zero-order valence-electron chi connectivity index (χ0n) is 18.4. The molecule has 158 valence electrons. The summed E-state index contributed by atoms with van der Waals surface area (Å²) in [6, 6.07) is 10.7. The molecule has 2 heteroatoms. The molecule has 5 rings (SSSR count). The number of Topliss-reactive ketones (excluding diaryl/α,β-unsaturated/α-hetero) is 1. The largest absolute Gasteiger partial charge is 0.299 e. The van der Waals surface area contributed by atoms with Crippen LogP contribution in [0.3, 0.4) is 0 Å². The van der Waals surface area contributed by atoms with Crippen molar-refractivity contribution in [2.75, 3.05) is 0 Å². The Morgan fingerprint density at radius 2 is 1.83 bits per heavy atom. The fraction of sp³-hybridized carbons (Fsp3) is 0.571. The molecule has 0 N–H and O–H groups in total. The van der Waals surface area contributed by atoms with Gasteiger partial charge in [-0.25, -0.2) is 0 Å². The van der Waals surface area contributed by atoms with Crippen LogP contribution in [-0.4, -0.2) is 11.6 Å². The van der Waals surface area contributed by atoms with Gasteiger partial charge in [0.2, 0.25) is 0 Å². The van der Waals surface area contributed by atoms with E-state index in [-0.39, 0.29) is 16.6 Å². The molecular formula is C28H34O2. The minimum atomic E-state index is -0.0957. The number of hydrogen-bond acceptors (Lipinski definition) is 2. The fourth-order valence-corrected chi connectivity index (χ4v) is 7.66. The van der Waals surface area contributed by atoms with Crippen molar-refractivity contribution in [1.29, 1.82) is 0 Å². The molecule has 0 aromatic heterocycles. The van der Waals surface area contributed by atoms with Crippen LogP contribution in [0.1, 0.15) is 64.4 Å². The number of benzene rings is 1. The van der Waals surface area contributed by atoms with Crippen molar-refractivity contribution in [1.82, 2.24) is 0 Å². The quantitative estimate of drug-likeness (QED) is 0.609. The van der Waals surface area contributed by atoms with Gasteiger partial charge in [0.05, 0.1) is 0 Å². The number of carbonyl (C=O) groups excluding carboxylic acids is 2. The number of carbonyl (C=O) groups is 2. The molecule has 1 aromatic rings. The highest BCUT2D eigenvalue weighted by molar-refractivity contribution is 6.01. The molecule has 1 aromatic carbocycles. The van der Waals surface area contributed by atoms with Crippen molar-refractivity contribution in [3.05, 3.63) is 59.7 Å². The van der Waals surface area contributed by atoms with E-state index >= 15 is 0 Å². The van der Waals surface area contributed by atoms with Crippen LogP contribution in [0.2, 0.25) is 0 Å². The molecule has 0 spiro atoms. The van der Waals surface area contributed by atoms with E-state index in [1.807, 2.05) is 6.08 Å². The Hall–Kier alpha value is -1.96. The van der Waals surface area contributed by atoms with Crippen LogP contribution in [-0.2, 0) is 16.0 Å². The van der Waals surface area contributed by atoms with Crippen molar-refractivity contribution < 1.29 is 9.59 Å². The first kappa shape index (κ1) is 20.0. The van der Waals surface area contributed by atoms with Crippen LogP contribution in [0.15, 0.2) is 54.1 Å². The fourth-order valence-electron chi connectivity index (χ4n) is 7.66. The Morgan fingerprint density at radius 3 is 2.63 bits per heavy atom. The van der Waals surface area contributed by atoms with Crippen molar-refractivity contribution in [3.8, 4) is 0 Å². The lowest BCUT2D eigenvalue weighted by Crippen LogP contribution is -2.51. The maximum atomic E-state index is 12.8. The van der Waals surface area contributed by atoms with Gasteiger partial charge in [-0.1, -0.05) is 55.8 Å². The van der Waals surface area contributed by atoms with Crippen molar-refractivity contribution in [2.45, 2.75) is 65.2 Å². The van der Waals surface area contributed by atoms with Crippen LogP contribution < -0.4 is 0 Å². The van der Waals surface area contributed by atoms with Crippen LogP contribution in [0.5, 0.6) is 0 Å². The molecule has 0 saturated heterocycles. The maximum Gasteiger partial charge on any atom is 0.178 e. The van der Waals surface area contributed by atoms with Gasteiger partial charge >= 0.3 is 0 Å². The Morgan fingerprint density at radius 1 is 1.03 bits per heavy atom. The third-order valence-electron chi connectivity index (χ3n) is 9.29. The van der Waals surface area contributed by atoms with Gasteiger partial charge < -0.3 is 0 Å². The summed E-state index contributed by atoms with van der Waals surface area (Å²) in [5.41, 5.74) is 2.68. The lowest BCUT2D eigenvalue weighted by molar-refractivity contribution is -0.132. The average Bonchev–Trinajstić information content (AvgIpc) is 3.05. The summed E-state index contributed by atoms with van der Waals surface area (Å²) in [6.07, 6.45) is 14.5. The molecule has 0 unspecified atom stereocenters. The molecule has 2 nitrogen and oxygen atoms in total. The zero-order chi connectivity index (χ0) is 20.9. The third kappa shape index (κ3) is 3.06. The Balaban J connectivity index is 1.42. The summed E-state index contributed by atoms with van der Waals surface area (Å²) in [7, 11) is 0. The van der Waals surface area contributed by atoms with Crippen LogP contribution in [0.4, 0.5) is 0 Å². The molecular weight excluding hydrogens is 368 g/mol. The molecule has 3 fully saturated rings. The highest BCUT2D eigenvalue weighted by Gasteiger charge is 2.59. The van der Waals surface area contributed by atoms with Gasteiger partial charge in [-0.2, -0.15) is 0 Å². The van der Waals surface area contributed by atoms with Crippen LogP contribution in [0.25, 0.3) is 0 Å². The van der Waals surface area contributed by atoms with Gasteiger partial charge in [-0.3, -0.25) is 9.59 Å². The second kappa shape index (κ2) is 7.32. The van der Waals surface area contributed by atoms with Gasteiger partial charge in [0.1, 0.15) is 5.78 Å². The van der Waals surface area contributed by atoms with E-state index in [1.165, 1.54) is 11.1 Å². The third-order valence-corrected chi connectivity index (χ3v) is 9.29. The minimum absolute atomic E-state index is 0.0127. The topological polar surface area (TPSA) is 34.1 Å². The first-order valence-corrected chi connectivity index (χ1v) is 11.9. The van der Waals surface area contributed by atoms with E-state index in [0.29, 0.717) is 29.5 Å². The summed E-state index contributed by atoms with van der Waals surface area (Å²) in [5, 5.41) is 0. The van der Waals surface area contributed by atoms with Crippen molar-refractivity contribution in [2.24, 2.45) is 34.5 Å². The highest BCUT2D eigenvalue weighted by Crippen LogP contribution is 2.65. The van der Waals surface area contributed by atoms with E-state index in [4.69, 9.17) is 0 Å². The van der Waals surface area contributed by atoms with Crippen LogP contribution >= 0.6 is 0 Å². The number of hydrogen-bond donors (Lipinski definition) is 0. The molecule has 0 radical (unpaired) electrons. The molecule has 0 aliphatic heterocycles. The number of fused-ring (bicyclic) bond motifs is 5. The van der Waals surface area contributed by atoms with Gasteiger partial charge in [0.15, 0.2) is 5.78 Å². The molecule has 3 saturated carbocycles. The molecule has 0 heterocycles. The first-order chi connectivity index (χ1) is 14.4. The number of aryl methyl sites for hydroxylation is 1. The lowest BCUT2D eigenvalue weighted by Gasteiger charge is -2.57. The summed E-state index contributed by atoms with van der Waals surface area (Å²) in [6.45, 7) is 4.63. The van der Waals surface area contributed by atoms with Crippen molar-refractivity contribution in [3.63, 3.8) is 0 Å². The second-order valence-electron chi connectivity index (χ2n) is 10.7. The smallest absolute Gasteiger partial charge is 0.178 e. The van der Waals surface area contributed by atoms with Crippen molar-refractivity contribution >= 4 is 11.6 Å². The maximum absolute atomic E-state index is 12.8. The van der Waals surface area contributed by atoms with E-state index in [9.17, 15) is 9.59 Å². The van der Waals surface area contributed by atoms with Gasteiger partial charge in [0, 0.05) is 17.3 Å². The highest BCUT2D eigenvalue weighted by atomic mass is 16.1. The number of rotatable bonds is 4. The molecule has 0 bridgehead atoms. The van der Waals surface area contributed by atoms with E-state index < -0.39 is 0 Å². The number of ketones is 2. The second-order valence-corrected chi connectivity index (χ2v) is 10.7. The Bertz CT molecular complexity index is 910. The predicted molar refractivity (Wildman–Crippen MR) is 120 cm³/mol. The molecule has 0 amide bonds. The van der Waals surface area contributed by atoms with E-state index in [2.05, 4.69) is 50.3 Å². The average molecular weight is 403 g/mol. The number of allylic oxidation sites excluding steroid dienone is 4. The minimum Gasteiger partial charge on any atom is -0.299 e. The summed E-state index contributed by atoms with van der Waals surface area (Å²) in [4.78, 5) is 25.1. The van der Waals surface area contributed by atoms with E-state index in [1.54, 1.807) is 6.08 Å². The lowest BCUT2D eigenvalue weighted by atomic mass is 9.46. The monoisotopic (exact) mass is 402 g/mol. The SMILES string of the molecule is C[C@]12C=CC(=O)C=C1[C@H](CCCc1ccccc1)C[C@@H]1[C@@H]2CC[C@]2(C)C(=O)CC[C@@H]12. The molecule has 4 aliphatic rings. The first-order valence-electron chi connectivity index (χ1n) is 11.9. The normalized spacial score (nSPS) is 39.9. The summed E-state index contributed by atoms with van der Waals surface area (Å²) < 4.78 is 0. The molecule has 6 atom stereocenters. The van der Waals surface area contributed by atoms with Gasteiger partial charge in [-0.15, -0.1) is 0 Å².